The monoisotopic (exact) mass is 314 g/mol. The molecule has 18 heavy (non-hydrogen) atoms. The summed E-state index contributed by atoms with van der Waals surface area (Å²) in [6, 6.07) is 9.96. The van der Waals surface area contributed by atoms with Gasteiger partial charge in [0.1, 0.15) is 0 Å². The Labute approximate surface area is 116 Å². The van der Waals surface area contributed by atoms with Gasteiger partial charge in [-0.3, -0.25) is 0 Å². The van der Waals surface area contributed by atoms with E-state index in [1.165, 1.54) is 44.9 Å². The molecule has 1 aromatic carbocycles. The number of rotatable bonds is 10. The zero-order valence-electron chi connectivity index (χ0n) is 11.6. The van der Waals surface area contributed by atoms with E-state index in [1.54, 1.807) is 0 Å². The van der Waals surface area contributed by atoms with Crippen molar-refractivity contribution in [2.75, 3.05) is 0 Å². The van der Waals surface area contributed by atoms with Crippen LogP contribution in [0.4, 0.5) is 0 Å². The molecule has 1 atom stereocenters. The van der Waals surface area contributed by atoms with Crippen LogP contribution in [0.5, 0.6) is 0 Å². The molecular formula is C16H26OSe. The van der Waals surface area contributed by atoms with Crippen LogP contribution in [-0.2, 0) is 3.83 Å². The van der Waals surface area contributed by atoms with Crippen LogP contribution in [0.3, 0.4) is 0 Å². The maximum absolute atomic E-state index is 12.0. The van der Waals surface area contributed by atoms with Gasteiger partial charge in [0, 0.05) is 0 Å². The van der Waals surface area contributed by atoms with Crippen LogP contribution in [0.2, 0.25) is 5.32 Å². The molecule has 0 aliphatic heterocycles. The molecule has 102 valence electrons. The maximum atomic E-state index is 12.0. The van der Waals surface area contributed by atoms with Gasteiger partial charge >= 0.3 is 116 Å². The zero-order chi connectivity index (χ0) is 13.1. The van der Waals surface area contributed by atoms with E-state index in [-0.39, 0.29) is 0 Å². The standard InChI is InChI=1S/C16H26OSe/c1-2-3-4-5-6-7-8-12-15-18(17)16-13-10-9-11-14-16/h9-11,13-14H,2-8,12,15H2,1H3. The summed E-state index contributed by atoms with van der Waals surface area (Å²) in [5, 5.41) is 0.916. The Morgan fingerprint density at radius 3 is 2.00 bits per heavy atom. The third kappa shape index (κ3) is 7.08. The second-order valence-electron chi connectivity index (χ2n) is 4.84. The molecule has 0 saturated heterocycles. The van der Waals surface area contributed by atoms with Crippen LogP contribution in [-0.4, -0.2) is 13.8 Å². The van der Waals surface area contributed by atoms with E-state index in [0.717, 1.165) is 16.2 Å². The minimum atomic E-state index is -1.74. The average Bonchev–Trinajstić information content (AvgIpc) is 2.42. The third-order valence-corrected chi connectivity index (χ3v) is 6.25. The molecular weight excluding hydrogens is 287 g/mol. The Kier molecular flexibility index (Phi) is 9.06. The SMILES string of the molecule is CCCCCCCCCC[Se](=O)c1ccccc1. The molecule has 1 unspecified atom stereocenters. The molecule has 0 bridgehead atoms. The van der Waals surface area contributed by atoms with E-state index in [1.807, 2.05) is 30.3 Å². The molecule has 1 nitrogen and oxygen atoms in total. The molecule has 0 N–H and O–H groups in total. The fraction of sp³-hybridized carbons (Fsp3) is 0.625. The van der Waals surface area contributed by atoms with Crippen molar-refractivity contribution in [1.82, 2.24) is 0 Å². The normalized spacial score (nSPS) is 12.5. The van der Waals surface area contributed by atoms with Gasteiger partial charge in [0.15, 0.2) is 0 Å². The number of benzene rings is 1. The Morgan fingerprint density at radius 1 is 0.833 bits per heavy atom. The van der Waals surface area contributed by atoms with Gasteiger partial charge in [-0.25, -0.2) is 0 Å². The van der Waals surface area contributed by atoms with Gasteiger partial charge in [0.25, 0.3) is 0 Å². The van der Waals surface area contributed by atoms with Gasteiger partial charge in [-0.05, 0) is 0 Å². The Balaban J connectivity index is 2.00. The van der Waals surface area contributed by atoms with Crippen molar-refractivity contribution in [2.45, 2.75) is 63.6 Å². The van der Waals surface area contributed by atoms with Crippen molar-refractivity contribution in [1.29, 1.82) is 0 Å². The van der Waals surface area contributed by atoms with Crippen molar-refractivity contribution in [3.63, 3.8) is 0 Å². The number of hydrogen-bond acceptors (Lipinski definition) is 1. The fourth-order valence-corrected chi connectivity index (χ4v) is 4.50. The van der Waals surface area contributed by atoms with Gasteiger partial charge in [0.2, 0.25) is 0 Å². The molecule has 0 heterocycles. The first-order valence-corrected chi connectivity index (χ1v) is 10.0. The van der Waals surface area contributed by atoms with Gasteiger partial charge < -0.3 is 0 Å². The van der Waals surface area contributed by atoms with E-state index in [0.29, 0.717) is 0 Å². The van der Waals surface area contributed by atoms with E-state index in [9.17, 15) is 3.83 Å². The summed E-state index contributed by atoms with van der Waals surface area (Å²) in [7, 11) is 0. The molecule has 0 saturated carbocycles. The third-order valence-electron chi connectivity index (χ3n) is 3.19. The fourth-order valence-electron chi connectivity index (χ4n) is 2.06. The summed E-state index contributed by atoms with van der Waals surface area (Å²) in [5.74, 6) is 0. The van der Waals surface area contributed by atoms with Crippen molar-refractivity contribution < 1.29 is 3.83 Å². The van der Waals surface area contributed by atoms with Crippen LogP contribution in [0.1, 0.15) is 58.3 Å². The summed E-state index contributed by atoms with van der Waals surface area (Å²) < 4.78 is 13.1. The first kappa shape index (κ1) is 15.6. The predicted octanol–water partition coefficient (Wildman–Crippen LogP) is 4.46. The van der Waals surface area contributed by atoms with Gasteiger partial charge in [-0.2, -0.15) is 0 Å². The molecule has 0 amide bonds. The van der Waals surface area contributed by atoms with Crippen molar-refractivity contribution >= 4 is 18.3 Å². The van der Waals surface area contributed by atoms with Crippen molar-refractivity contribution in [2.24, 2.45) is 0 Å². The second kappa shape index (κ2) is 10.5. The average molecular weight is 313 g/mol. The Hall–Kier alpha value is -0.461. The number of hydrogen-bond donors (Lipinski definition) is 0. The summed E-state index contributed by atoms with van der Waals surface area (Å²) in [5.41, 5.74) is 0. The quantitative estimate of drug-likeness (QED) is 0.460. The van der Waals surface area contributed by atoms with E-state index < -0.39 is 13.8 Å². The molecule has 0 spiro atoms. The summed E-state index contributed by atoms with van der Waals surface area (Å²) >= 11 is -1.74. The van der Waals surface area contributed by atoms with E-state index in [4.69, 9.17) is 0 Å². The predicted molar refractivity (Wildman–Crippen MR) is 79.9 cm³/mol. The van der Waals surface area contributed by atoms with Crippen LogP contribution in [0.25, 0.3) is 0 Å². The molecule has 0 radical (unpaired) electrons. The van der Waals surface area contributed by atoms with Crippen LogP contribution in [0, 0.1) is 0 Å². The van der Waals surface area contributed by atoms with E-state index in [2.05, 4.69) is 6.92 Å². The minimum absolute atomic E-state index is 0.916. The Bertz CT molecular complexity index is 321. The molecule has 2 heteroatoms. The van der Waals surface area contributed by atoms with Gasteiger partial charge in [-0.1, -0.05) is 0 Å². The topological polar surface area (TPSA) is 17.1 Å². The van der Waals surface area contributed by atoms with Crippen LogP contribution in [0.15, 0.2) is 30.3 Å². The molecule has 0 aromatic heterocycles. The summed E-state index contributed by atoms with van der Waals surface area (Å²) in [4.78, 5) is 0. The van der Waals surface area contributed by atoms with Crippen LogP contribution < -0.4 is 4.46 Å². The molecule has 1 aromatic rings. The number of unbranched alkanes of at least 4 members (excludes halogenated alkanes) is 7. The van der Waals surface area contributed by atoms with Crippen molar-refractivity contribution in [3.8, 4) is 0 Å². The first-order valence-electron chi connectivity index (χ1n) is 7.28. The van der Waals surface area contributed by atoms with Crippen LogP contribution >= 0.6 is 0 Å². The Morgan fingerprint density at radius 2 is 1.39 bits per heavy atom. The van der Waals surface area contributed by atoms with Crippen molar-refractivity contribution in [3.05, 3.63) is 30.3 Å². The summed E-state index contributed by atoms with van der Waals surface area (Å²) in [6.07, 6.45) is 10.5. The van der Waals surface area contributed by atoms with Gasteiger partial charge in [-0.15, -0.1) is 0 Å². The molecule has 0 fully saturated rings. The van der Waals surface area contributed by atoms with Gasteiger partial charge in [0.05, 0.1) is 0 Å². The summed E-state index contributed by atoms with van der Waals surface area (Å²) in [6.45, 7) is 2.25. The second-order valence-corrected chi connectivity index (χ2v) is 8.13. The first-order chi connectivity index (χ1) is 8.84. The molecule has 1 rings (SSSR count). The van der Waals surface area contributed by atoms with E-state index >= 15 is 0 Å². The molecule has 0 aliphatic carbocycles. The zero-order valence-corrected chi connectivity index (χ0v) is 13.3. The molecule has 0 aliphatic rings.